The summed E-state index contributed by atoms with van der Waals surface area (Å²) in [6.45, 7) is 3.65. The number of hydrogen-bond acceptors (Lipinski definition) is 2. The Morgan fingerprint density at radius 2 is 2.16 bits per heavy atom. The molecular formula is C14H21N3O2. The van der Waals surface area contributed by atoms with Crippen LogP contribution in [-0.4, -0.2) is 41.3 Å². The van der Waals surface area contributed by atoms with Crippen molar-refractivity contribution in [3.05, 3.63) is 24.0 Å². The Hall–Kier alpha value is -1.78. The number of likely N-dealkylation sites (tertiary alicyclic amines) is 1. The number of aromatic nitrogens is 1. The van der Waals surface area contributed by atoms with Gasteiger partial charge in [0.05, 0.1) is 0 Å². The lowest BCUT2D eigenvalue weighted by Gasteiger charge is -2.30. The molecule has 0 radical (unpaired) electrons. The van der Waals surface area contributed by atoms with Crippen LogP contribution in [0.2, 0.25) is 0 Å². The van der Waals surface area contributed by atoms with Gasteiger partial charge in [-0.25, -0.2) is 0 Å². The van der Waals surface area contributed by atoms with Crippen LogP contribution in [0.15, 0.2) is 18.5 Å². The fourth-order valence-corrected chi connectivity index (χ4v) is 2.44. The predicted molar refractivity (Wildman–Crippen MR) is 72.5 cm³/mol. The summed E-state index contributed by atoms with van der Waals surface area (Å²) in [4.78, 5) is 28.0. The highest BCUT2D eigenvalue weighted by molar-refractivity contribution is 5.79. The van der Waals surface area contributed by atoms with E-state index in [1.807, 2.05) is 23.4 Å². The summed E-state index contributed by atoms with van der Waals surface area (Å²) in [5.41, 5.74) is 1.20. The van der Waals surface area contributed by atoms with E-state index in [0.717, 1.165) is 19.3 Å². The van der Waals surface area contributed by atoms with E-state index in [0.29, 0.717) is 19.6 Å². The lowest BCUT2D eigenvalue weighted by atomic mass is 9.96. The number of H-pyrrole nitrogens is 1. The molecule has 104 valence electrons. The fourth-order valence-electron chi connectivity index (χ4n) is 2.44. The van der Waals surface area contributed by atoms with Crippen molar-refractivity contribution in [3.8, 4) is 0 Å². The average Bonchev–Trinajstić information content (AvgIpc) is 2.92. The minimum absolute atomic E-state index is 0.0572. The zero-order valence-corrected chi connectivity index (χ0v) is 11.3. The molecule has 19 heavy (non-hydrogen) atoms. The summed E-state index contributed by atoms with van der Waals surface area (Å²) in [7, 11) is 0. The van der Waals surface area contributed by atoms with E-state index in [9.17, 15) is 9.59 Å². The van der Waals surface area contributed by atoms with Gasteiger partial charge in [-0.2, -0.15) is 0 Å². The molecule has 0 spiro atoms. The van der Waals surface area contributed by atoms with Crippen LogP contribution in [0.3, 0.4) is 0 Å². The number of nitrogens with zero attached hydrogens (tertiary/aromatic N) is 1. The van der Waals surface area contributed by atoms with E-state index in [1.165, 1.54) is 5.56 Å². The molecule has 5 nitrogen and oxygen atoms in total. The molecule has 0 saturated carbocycles. The van der Waals surface area contributed by atoms with Crippen LogP contribution in [0.5, 0.6) is 0 Å². The Labute approximate surface area is 113 Å². The molecule has 0 atom stereocenters. The second-order valence-corrected chi connectivity index (χ2v) is 5.04. The highest BCUT2D eigenvalue weighted by atomic mass is 16.2. The summed E-state index contributed by atoms with van der Waals surface area (Å²) in [5.74, 6) is 0.284. The van der Waals surface area contributed by atoms with Crippen LogP contribution < -0.4 is 5.32 Å². The van der Waals surface area contributed by atoms with Gasteiger partial charge in [-0.05, 0) is 30.9 Å². The molecule has 1 aromatic heterocycles. The van der Waals surface area contributed by atoms with Gasteiger partial charge in [0.25, 0.3) is 0 Å². The van der Waals surface area contributed by atoms with Gasteiger partial charge in [-0.15, -0.1) is 0 Å². The monoisotopic (exact) mass is 263 g/mol. The lowest BCUT2D eigenvalue weighted by molar-refractivity contribution is -0.133. The number of piperidine rings is 1. The standard InChI is InChI=1S/C14H21N3O2/c1-11(18)17-8-4-13(5-9-17)14(19)16-7-3-12-2-6-15-10-12/h2,6,10,13,15H,3-5,7-9H2,1H3,(H,16,19). The maximum absolute atomic E-state index is 12.0. The third-order valence-corrected chi connectivity index (χ3v) is 3.69. The van der Waals surface area contributed by atoms with Crippen molar-refractivity contribution in [3.63, 3.8) is 0 Å². The van der Waals surface area contributed by atoms with E-state index in [2.05, 4.69) is 10.3 Å². The third-order valence-electron chi connectivity index (χ3n) is 3.69. The van der Waals surface area contributed by atoms with Crippen LogP contribution in [0, 0.1) is 5.92 Å². The topological polar surface area (TPSA) is 65.2 Å². The maximum atomic E-state index is 12.0. The molecule has 2 rings (SSSR count). The molecule has 2 N–H and O–H groups in total. The Morgan fingerprint density at radius 3 is 2.74 bits per heavy atom. The highest BCUT2D eigenvalue weighted by Crippen LogP contribution is 2.17. The number of carbonyl (C=O) groups excluding carboxylic acids is 2. The minimum Gasteiger partial charge on any atom is -0.367 e. The van der Waals surface area contributed by atoms with E-state index >= 15 is 0 Å². The molecule has 1 aliphatic rings. The Morgan fingerprint density at radius 1 is 1.42 bits per heavy atom. The number of hydrogen-bond donors (Lipinski definition) is 2. The molecular weight excluding hydrogens is 242 g/mol. The molecule has 1 aliphatic heterocycles. The van der Waals surface area contributed by atoms with Gasteiger partial charge < -0.3 is 15.2 Å². The maximum Gasteiger partial charge on any atom is 0.223 e. The summed E-state index contributed by atoms with van der Waals surface area (Å²) in [6.07, 6.45) is 6.22. The smallest absolute Gasteiger partial charge is 0.223 e. The van der Waals surface area contributed by atoms with Crippen molar-refractivity contribution in [1.29, 1.82) is 0 Å². The molecule has 1 fully saturated rings. The van der Waals surface area contributed by atoms with Gasteiger partial charge in [0.2, 0.25) is 11.8 Å². The first kappa shape index (κ1) is 13.6. The SMILES string of the molecule is CC(=O)N1CCC(C(=O)NCCc2cc[nH]c2)CC1. The van der Waals surface area contributed by atoms with Gasteiger partial charge in [0, 0.05) is 44.9 Å². The summed E-state index contributed by atoms with van der Waals surface area (Å²) < 4.78 is 0. The first-order valence-corrected chi connectivity index (χ1v) is 6.81. The normalized spacial score (nSPS) is 16.4. The van der Waals surface area contributed by atoms with Gasteiger partial charge in [-0.3, -0.25) is 9.59 Å². The number of carbonyl (C=O) groups is 2. The molecule has 2 heterocycles. The number of amides is 2. The van der Waals surface area contributed by atoms with Crippen molar-refractivity contribution >= 4 is 11.8 Å². The van der Waals surface area contributed by atoms with Gasteiger partial charge >= 0.3 is 0 Å². The Balaban J connectivity index is 1.68. The average molecular weight is 263 g/mol. The van der Waals surface area contributed by atoms with Crippen molar-refractivity contribution < 1.29 is 9.59 Å². The molecule has 0 bridgehead atoms. The Bertz CT molecular complexity index is 420. The zero-order valence-electron chi connectivity index (χ0n) is 11.3. The van der Waals surface area contributed by atoms with Gasteiger partial charge in [-0.1, -0.05) is 0 Å². The first-order chi connectivity index (χ1) is 9.16. The van der Waals surface area contributed by atoms with Crippen LogP contribution in [-0.2, 0) is 16.0 Å². The molecule has 0 aliphatic carbocycles. The molecule has 0 aromatic carbocycles. The van der Waals surface area contributed by atoms with E-state index in [4.69, 9.17) is 0 Å². The largest absolute Gasteiger partial charge is 0.367 e. The fraction of sp³-hybridized carbons (Fsp3) is 0.571. The second-order valence-electron chi connectivity index (χ2n) is 5.04. The number of nitrogens with one attached hydrogen (secondary N) is 2. The molecule has 0 unspecified atom stereocenters. The van der Waals surface area contributed by atoms with Crippen LogP contribution in [0.25, 0.3) is 0 Å². The van der Waals surface area contributed by atoms with Crippen molar-refractivity contribution in [2.45, 2.75) is 26.2 Å². The van der Waals surface area contributed by atoms with E-state index < -0.39 is 0 Å². The molecule has 5 heteroatoms. The zero-order chi connectivity index (χ0) is 13.7. The van der Waals surface area contributed by atoms with Crippen molar-refractivity contribution in [2.24, 2.45) is 5.92 Å². The molecule has 1 saturated heterocycles. The summed E-state index contributed by atoms with van der Waals surface area (Å²) in [5, 5.41) is 2.98. The number of aromatic amines is 1. The van der Waals surface area contributed by atoms with E-state index in [1.54, 1.807) is 6.92 Å². The lowest BCUT2D eigenvalue weighted by Crippen LogP contribution is -2.42. The predicted octanol–water partition coefficient (Wildman–Crippen LogP) is 0.932. The second kappa shape index (κ2) is 6.41. The van der Waals surface area contributed by atoms with Crippen LogP contribution in [0.4, 0.5) is 0 Å². The van der Waals surface area contributed by atoms with Crippen LogP contribution >= 0.6 is 0 Å². The van der Waals surface area contributed by atoms with Crippen LogP contribution in [0.1, 0.15) is 25.3 Å². The molecule has 1 aromatic rings. The summed E-state index contributed by atoms with van der Waals surface area (Å²) >= 11 is 0. The third kappa shape index (κ3) is 3.84. The Kier molecular flexibility index (Phi) is 4.60. The quantitative estimate of drug-likeness (QED) is 0.849. The van der Waals surface area contributed by atoms with E-state index in [-0.39, 0.29) is 17.7 Å². The molecule has 2 amide bonds. The highest BCUT2D eigenvalue weighted by Gasteiger charge is 2.25. The van der Waals surface area contributed by atoms with Crippen molar-refractivity contribution in [2.75, 3.05) is 19.6 Å². The van der Waals surface area contributed by atoms with Gasteiger partial charge in [0.15, 0.2) is 0 Å². The minimum atomic E-state index is 0.0572. The van der Waals surface area contributed by atoms with Gasteiger partial charge in [0.1, 0.15) is 0 Å². The summed E-state index contributed by atoms with van der Waals surface area (Å²) in [6, 6.07) is 2.01. The first-order valence-electron chi connectivity index (χ1n) is 6.81. The van der Waals surface area contributed by atoms with Crippen molar-refractivity contribution in [1.82, 2.24) is 15.2 Å². The number of rotatable bonds is 4.